The Kier molecular flexibility index (Phi) is 5.50. The van der Waals surface area contributed by atoms with Gasteiger partial charge in [-0.05, 0) is 43.9 Å². The summed E-state index contributed by atoms with van der Waals surface area (Å²) < 4.78 is 18.5. The molecule has 1 N–H and O–H groups in total. The van der Waals surface area contributed by atoms with Gasteiger partial charge in [-0.2, -0.15) is 5.10 Å². The lowest BCUT2D eigenvalue weighted by Gasteiger charge is -2.30. The van der Waals surface area contributed by atoms with Gasteiger partial charge in [-0.1, -0.05) is 6.07 Å². The van der Waals surface area contributed by atoms with Gasteiger partial charge in [0.2, 0.25) is 5.75 Å². The Balaban J connectivity index is 1.35. The molecule has 2 heterocycles. The lowest BCUT2D eigenvalue weighted by Crippen LogP contribution is -2.39. The summed E-state index contributed by atoms with van der Waals surface area (Å²) in [6.45, 7) is 0. The molecule has 1 fully saturated rings. The first kappa shape index (κ1) is 19.0. The molecule has 1 aliphatic rings. The number of methoxy groups -OCH3 is 2. The molecule has 1 aromatic carbocycles. The maximum Gasteiger partial charge on any atom is 0.256 e. The number of fused-ring (bicyclic) bond motifs is 1. The van der Waals surface area contributed by atoms with Crippen LogP contribution in [0.3, 0.4) is 0 Å². The number of amides is 1. The van der Waals surface area contributed by atoms with Crippen LogP contribution < -0.4 is 19.5 Å². The second-order valence-electron chi connectivity index (χ2n) is 7.00. The van der Waals surface area contributed by atoms with Crippen LogP contribution in [0, 0.1) is 0 Å². The first-order valence-electron chi connectivity index (χ1n) is 9.66. The molecule has 29 heavy (non-hydrogen) atoms. The predicted octanol–water partition coefficient (Wildman–Crippen LogP) is 2.87. The Hall–Kier alpha value is -3.29. The van der Waals surface area contributed by atoms with E-state index in [1.165, 1.54) is 0 Å². The van der Waals surface area contributed by atoms with Crippen LogP contribution in [-0.4, -0.2) is 46.9 Å². The normalized spacial score (nSPS) is 19.0. The third-order valence-corrected chi connectivity index (χ3v) is 5.19. The Morgan fingerprint density at radius 2 is 1.90 bits per heavy atom. The molecule has 0 unspecified atom stereocenters. The molecule has 1 aliphatic carbocycles. The average Bonchev–Trinajstić information content (AvgIpc) is 3.19. The largest absolute Gasteiger partial charge is 0.493 e. The summed E-state index contributed by atoms with van der Waals surface area (Å²) in [5.41, 5.74) is 1.05. The fraction of sp³-hybridized carbons (Fsp3) is 0.381. The zero-order valence-corrected chi connectivity index (χ0v) is 16.5. The van der Waals surface area contributed by atoms with Crippen LogP contribution in [0.25, 0.3) is 5.65 Å². The molecule has 8 nitrogen and oxygen atoms in total. The van der Waals surface area contributed by atoms with Gasteiger partial charge in [0.05, 0.1) is 26.5 Å². The molecule has 0 bridgehead atoms. The van der Waals surface area contributed by atoms with Crippen molar-refractivity contribution >= 4 is 11.6 Å². The average molecular weight is 396 g/mol. The number of hydrogen-bond donors (Lipinski definition) is 1. The molecule has 0 atom stereocenters. The molecular formula is C21H24N4O4. The highest BCUT2D eigenvalue weighted by molar-refractivity contribution is 5.99. The number of carbonyl (C=O) groups is 1. The second kappa shape index (κ2) is 8.38. The molecule has 1 amide bonds. The third-order valence-electron chi connectivity index (χ3n) is 5.19. The minimum Gasteiger partial charge on any atom is -0.493 e. The Morgan fingerprint density at radius 1 is 1.10 bits per heavy atom. The van der Waals surface area contributed by atoms with E-state index in [0.29, 0.717) is 28.5 Å². The molecule has 1 saturated carbocycles. The van der Waals surface area contributed by atoms with Gasteiger partial charge < -0.3 is 19.5 Å². The van der Waals surface area contributed by atoms with Gasteiger partial charge in [0.25, 0.3) is 5.91 Å². The van der Waals surface area contributed by atoms with Crippen molar-refractivity contribution in [3.8, 4) is 17.2 Å². The van der Waals surface area contributed by atoms with Gasteiger partial charge in [0.1, 0.15) is 5.56 Å². The number of benzene rings is 1. The van der Waals surface area contributed by atoms with Crippen LogP contribution in [-0.2, 0) is 0 Å². The standard InChI is InChI=1S/C21H24N4O4/c1-27-17-5-3-6-18(19(17)28-2)29-15-9-7-14(8-10-15)24-21(26)16-13-23-25-12-4-11-22-20(16)25/h3-6,11-15H,7-10H2,1-2H3,(H,24,26). The summed E-state index contributed by atoms with van der Waals surface area (Å²) in [6, 6.07) is 7.49. The van der Waals surface area contributed by atoms with E-state index < -0.39 is 0 Å². The lowest BCUT2D eigenvalue weighted by molar-refractivity contribution is 0.0892. The van der Waals surface area contributed by atoms with Crippen LogP contribution in [0.1, 0.15) is 36.0 Å². The van der Waals surface area contributed by atoms with Gasteiger partial charge >= 0.3 is 0 Å². The Labute approximate surface area is 168 Å². The molecule has 0 spiro atoms. The number of para-hydroxylation sites is 1. The molecule has 0 saturated heterocycles. The summed E-state index contributed by atoms with van der Waals surface area (Å²) in [5, 5.41) is 7.28. The molecular weight excluding hydrogens is 372 g/mol. The number of rotatable bonds is 6. The summed E-state index contributed by atoms with van der Waals surface area (Å²) in [4.78, 5) is 16.9. The van der Waals surface area contributed by atoms with Gasteiger partial charge in [-0.3, -0.25) is 4.79 Å². The monoisotopic (exact) mass is 396 g/mol. The Morgan fingerprint density at radius 3 is 2.66 bits per heavy atom. The molecule has 4 rings (SSSR count). The SMILES string of the molecule is COc1cccc(OC2CCC(NC(=O)c3cnn4cccnc34)CC2)c1OC. The van der Waals surface area contributed by atoms with E-state index >= 15 is 0 Å². The maximum absolute atomic E-state index is 12.6. The molecule has 3 aromatic rings. The first-order chi connectivity index (χ1) is 14.2. The molecule has 2 aromatic heterocycles. The molecule has 8 heteroatoms. The maximum atomic E-state index is 12.6. The number of nitrogens with zero attached hydrogens (tertiary/aromatic N) is 3. The van der Waals surface area contributed by atoms with Crippen molar-refractivity contribution in [2.45, 2.75) is 37.8 Å². The van der Waals surface area contributed by atoms with E-state index in [1.54, 1.807) is 43.4 Å². The van der Waals surface area contributed by atoms with Crippen LogP contribution in [0.5, 0.6) is 17.2 Å². The van der Waals surface area contributed by atoms with Crippen LogP contribution >= 0.6 is 0 Å². The number of nitrogens with one attached hydrogen (secondary N) is 1. The number of hydrogen-bond acceptors (Lipinski definition) is 6. The highest BCUT2D eigenvalue weighted by Gasteiger charge is 2.26. The summed E-state index contributed by atoms with van der Waals surface area (Å²) in [7, 11) is 3.21. The first-order valence-corrected chi connectivity index (χ1v) is 9.66. The zero-order valence-electron chi connectivity index (χ0n) is 16.5. The van der Waals surface area contributed by atoms with Crippen LogP contribution in [0.4, 0.5) is 0 Å². The third kappa shape index (κ3) is 3.96. The van der Waals surface area contributed by atoms with E-state index in [4.69, 9.17) is 14.2 Å². The number of ether oxygens (including phenoxy) is 3. The van der Waals surface area contributed by atoms with Gasteiger partial charge in [-0.15, -0.1) is 0 Å². The fourth-order valence-electron chi connectivity index (χ4n) is 3.71. The van der Waals surface area contributed by atoms with E-state index in [1.807, 2.05) is 18.2 Å². The van der Waals surface area contributed by atoms with Crippen LogP contribution in [0.2, 0.25) is 0 Å². The predicted molar refractivity (Wildman–Crippen MR) is 107 cm³/mol. The summed E-state index contributed by atoms with van der Waals surface area (Å²) in [6.07, 6.45) is 8.43. The molecule has 0 aliphatic heterocycles. The Bertz CT molecular complexity index is 995. The van der Waals surface area contributed by atoms with Gasteiger partial charge in [0.15, 0.2) is 17.1 Å². The van der Waals surface area contributed by atoms with E-state index in [0.717, 1.165) is 25.7 Å². The smallest absolute Gasteiger partial charge is 0.256 e. The van der Waals surface area contributed by atoms with E-state index in [9.17, 15) is 4.79 Å². The van der Waals surface area contributed by atoms with Gasteiger partial charge in [0, 0.05) is 18.4 Å². The second-order valence-corrected chi connectivity index (χ2v) is 7.00. The lowest BCUT2D eigenvalue weighted by atomic mass is 9.92. The zero-order chi connectivity index (χ0) is 20.2. The van der Waals surface area contributed by atoms with Gasteiger partial charge in [-0.25, -0.2) is 9.50 Å². The summed E-state index contributed by atoms with van der Waals surface area (Å²) >= 11 is 0. The van der Waals surface area contributed by atoms with Crippen molar-refractivity contribution in [2.24, 2.45) is 0 Å². The fourth-order valence-corrected chi connectivity index (χ4v) is 3.71. The van der Waals surface area contributed by atoms with Crippen molar-refractivity contribution in [1.82, 2.24) is 19.9 Å². The van der Waals surface area contributed by atoms with Crippen molar-refractivity contribution in [2.75, 3.05) is 14.2 Å². The minimum atomic E-state index is -0.141. The number of carbonyl (C=O) groups excluding carboxylic acids is 1. The molecule has 0 radical (unpaired) electrons. The van der Waals surface area contributed by atoms with Crippen molar-refractivity contribution in [3.63, 3.8) is 0 Å². The quantitative estimate of drug-likeness (QED) is 0.689. The topological polar surface area (TPSA) is 87.0 Å². The van der Waals surface area contributed by atoms with Crippen LogP contribution in [0.15, 0.2) is 42.9 Å². The molecule has 152 valence electrons. The van der Waals surface area contributed by atoms with Crippen molar-refractivity contribution < 1.29 is 19.0 Å². The van der Waals surface area contributed by atoms with Crippen molar-refractivity contribution in [1.29, 1.82) is 0 Å². The van der Waals surface area contributed by atoms with E-state index in [-0.39, 0.29) is 18.1 Å². The minimum absolute atomic E-state index is 0.0720. The summed E-state index contributed by atoms with van der Waals surface area (Å²) in [5.74, 6) is 1.79. The highest BCUT2D eigenvalue weighted by atomic mass is 16.5. The van der Waals surface area contributed by atoms with Crippen molar-refractivity contribution in [3.05, 3.63) is 48.4 Å². The van der Waals surface area contributed by atoms with E-state index in [2.05, 4.69) is 15.4 Å². The number of aromatic nitrogens is 3. The highest BCUT2D eigenvalue weighted by Crippen LogP contribution is 2.38.